The Morgan fingerprint density at radius 2 is 1.72 bits per heavy atom. The monoisotopic (exact) mass is 436 g/mol. The first kappa shape index (κ1) is 23.8. The second-order valence-corrected chi connectivity index (χ2v) is 8.64. The van der Waals surface area contributed by atoms with Gasteiger partial charge in [0.05, 0.1) is 0 Å². The Labute approximate surface area is 192 Å². The fourth-order valence-corrected chi connectivity index (χ4v) is 4.38. The molecule has 2 amide bonds. The molecule has 2 aromatic rings. The van der Waals surface area contributed by atoms with Gasteiger partial charge in [0, 0.05) is 12.6 Å². The molecule has 1 unspecified atom stereocenters. The van der Waals surface area contributed by atoms with E-state index in [9.17, 15) is 9.59 Å². The van der Waals surface area contributed by atoms with Crippen molar-refractivity contribution in [3.63, 3.8) is 0 Å². The van der Waals surface area contributed by atoms with Crippen molar-refractivity contribution < 1.29 is 14.3 Å². The highest BCUT2D eigenvalue weighted by atomic mass is 16.5. The highest BCUT2D eigenvalue weighted by Gasteiger charge is 2.30. The number of aryl methyl sites for hydroxylation is 1. The lowest BCUT2D eigenvalue weighted by Gasteiger charge is -2.32. The van der Waals surface area contributed by atoms with E-state index in [0.29, 0.717) is 25.1 Å². The van der Waals surface area contributed by atoms with Crippen molar-refractivity contribution in [3.05, 3.63) is 65.7 Å². The average molecular weight is 437 g/mol. The summed E-state index contributed by atoms with van der Waals surface area (Å²) in [6, 6.07) is 17.5. The molecule has 3 rings (SSSR count). The fourth-order valence-electron chi connectivity index (χ4n) is 4.38. The maximum absolute atomic E-state index is 13.3. The van der Waals surface area contributed by atoms with Gasteiger partial charge in [0.1, 0.15) is 11.8 Å². The maximum Gasteiger partial charge on any atom is 0.261 e. The third-order valence-electron chi connectivity index (χ3n) is 6.27. The van der Waals surface area contributed by atoms with E-state index in [0.717, 1.165) is 36.8 Å². The number of carbonyl (C=O) groups is 2. The molecule has 1 aliphatic carbocycles. The largest absolute Gasteiger partial charge is 0.484 e. The lowest BCUT2D eigenvalue weighted by molar-refractivity contribution is -0.142. The van der Waals surface area contributed by atoms with E-state index < -0.39 is 6.04 Å². The number of rotatable bonds is 10. The standard InChI is InChI=1S/C27H36N2O3/c1-3-24(27(31)28-23-15-8-5-9-16-23)29(19-18-22-13-6-4-7-14-22)26(30)20-32-25-17-11-10-12-21(25)2/h4,6-7,10-14,17,23-24H,3,5,8-9,15-16,18-20H2,1-2H3,(H,28,31). The van der Waals surface area contributed by atoms with E-state index in [4.69, 9.17) is 4.74 Å². The third kappa shape index (κ3) is 6.84. The first-order valence-corrected chi connectivity index (χ1v) is 11.9. The summed E-state index contributed by atoms with van der Waals surface area (Å²) < 4.78 is 5.83. The molecule has 0 bridgehead atoms. The molecule has 0 radical (unpaired) electrons. The lowest BCUT2D eigenvalue weighted by atomic mass is 9.95. The van der Waals surface area contributed by atoms with Gasteiger partial charge in [0.2, 0.25) is 5.91 Å². The highest BCUT2D eigenvalue weighted by molar-refractivity contribution is 5.88. The molecule has 2 aromatic carbocycles. The molecule has 0 aliphatic heterocycles. The second kappa shape index (κ2) is 12.3. The zero-order chi connectivity index (χ0) is 22.8. The van der Waals surface area contributed by atoms with Crippen LogP contribution in [0.15, 0.2) is 54.6 Å². The summed E-state index contributed by atoms with van der Waals surface area (Å²) >= 11 is 0. The van der Waals surface area contributed by atoms with Crippen LogP contribution in [-0.2, 0) is 16.0 Å². The van der Waals surface area contributed by atoms with Crippen molar-refractivity contribution in [1.82, 2.24) is 10.2 Å². The van der Waals surface area contributed by atoms with Crippen LogP contribution in [0.5, 0.6) is 5.75 Å². The van der Waals surface area contributed by atoms with Crippen molar-refractivity contribution in [3.8, 4) is 5.75 Å². The summed E-state index contributed by atoms with van der Waals surface area (Å²) in [6.45, 7) is 4.33. The summed E-state index contributed by atoms with van der Waals surface area (Å²) in [5, 5.41) is 3.21. The molecule has 0 saturated heterocycles. The number of ether oxygens (including phenoxy) is 1. The van der Waals surface area contributed by atoms with Crippen LogP contribution in [0.4, 0.5) is 0 Å². The smallest absolute Gasteiger partial charge is 0.261 e. The fraction of sp³-hybridized carbons (Fsp3) is 0.481. The van der Waals surface area contributed by atoms with Crippen LogP contribution in [0.1, 0.15) is 56.6 Å². The Hall–Kier alpha value is -2.82. The molecule has 1 saturated carbocycles. The van der Waals surface area contributed by atoms with Gasteiger partial charge in [-0.2, -0.15) is 0 Å². The molecule has 0 spiro atoms. The summed E-state index contributed by atoms with van der Waals surface area (Å²) in [6.07, 6.45) is 6.87. The van der Waals surface area contributed by atoms with Gasteiger partial charge in [-0.3, -0.25) is 9.59 Å². The number of para-hydroxylation sites is 1. The van der Waals surface area contributed by atoms with Gasteiger partial charge in [-0.15, -0.1) is 0 Å². The van der Waals surface area contributed by atoms with Gasteiger partial charge in [-0.05, 0) is 49.8 Å². The predicted molar refractivity (Wildman–Crippen MR) is 128 cm³/mol. The van der Waals surface area contributed by atoms with Gasteiger partial charge in [0.15, 0.2) is 6.61 Å². The zero-order valence-corrected chi connectivity index (χ0v) is 19.4. The molecule has 1 fully saturated rings. The minimum Gasteiger partial charge on any atom is -0.484 e. The van der Waals surface area contributed by atoms with Crippen LogP contribution in [-0.4, -0.2) is 41.9 Å². The van der Waals surface area contributed by atoms with Gasteiger partial charge in [0.25, 0.3) is 5.91 Å². The van der Waals surface area contributed by atoms with Crippen molar-refractivity contribution in [2.45, 2.75) is 70.9 Å². The minimum atomic E-state index is -0.492. The number of amides is 2. The van der Waals surface area contributed by atoms with Crippen LogP contribution in [0, 0.1) is 6.92 Å². The Kier molecular flexibility index (Phi) is 9.14. The number of carbonyl (C=O) groups excluding carboxylic acids is 2. The molecule has 1 atom stereocenters. The van der Waals surface area contributed by atoms with Crippen LogP contribution in [0.2, 0.25) is 0 Å². The van der Waals surface area contributed by atoms with Gasteiger partial charge < -0.3 is 15.0 Å². The van der Waals surface area contributed by atoms with Crippen LogP contribution < -0.4 is 10.1 Å². The molecular weight excluding hydrogens is 400 g/mol. The number of hydrogen-bond donors (Lipinski definition) is 1. The first-order valence-electron chi connectivity index (χ1n) is 11.9. The van der Waals surface area contributed by atoms with E-state index in [2.05, 4.69) is 17.4 Å². The van der Waals surface area contributed by atoms with E-state index >= 15 is 0 Å². The lowest BCUT2D eigenvalue weighted by Crippen LogP contribution is -2.53. The van der Waals surface area contributed by atoms with Crippen molar-refractivity contribution in [1.29, 1.82) is 0 Å². The Bertz CT molecular complexity index is 862. The summed E-state index contributed by atoms with van der Waals surface area (Å²) in [4.78, 5) is 28.2. The average Bonchev–Trinajstić information content (AvgIpc) is 2.82. The molecular formula is C27H36N2O3. The molecule has 32 heavy (non-hydrogen) atoms. The van der Waals surface area contributed by atoms with E-state index in [1.165, 1.54) is 6.42 Å². The Balaban J connectivity index is 1.70. The summed E-state index contributed by atoms with van der Waals surface area (Å²) in [7, 11) is 0. The summed E-state index contributed by atoms with van der Waals surface area (Å²) in [5.41, 5.74) is 2.13. The second-order valence-electron chi connectivity index (χ2n) is 8.64. The van der Waals surface area contributed by atoms with Gasteiger partial charge >= 0.3 is 0 Å². The van der Waals surface area contributed by atoms with Crippen LogP contribution >= 0.6 is 0 Å². The summed E-state index contributed by atoms with van der Waals surface area (Å²) in [5.74, 6) is 0.495. The van der Waals surface area contributed by atoms with Crippen LogP contribution in [0.25, 0.3) is 0 Å². The quantitative estimate of drug-likeness (QED) is 0.589. The molecule has 172 valence electrons. The number of benzene rings is 2. The Morgan fingerprint density at radius 3 is 2.41 bits per heavy atom. The molecule has 5 heteroatoms. The van der Waals surface area contributed by atoms with Crippen LogP contribution in [0.3, 0.4) is 0 Å². The SMILES string of the molecule is CCC(C(=O)NC1CCCCC1)N(CCc1ccccc1)C(=O)COc1ccccc1C. The molecule has 1 aliphatic rings. The topological polar surface area (TPSA) is 58.6 Å². The first-order chi connectivity index (χ1) is 15.6. The maximum atomic E-state index is 13.3. The van der Waals surface area contributed by atoms with Gasteiger partial charge in [-0.25, -0.2) is 0 Å². The van der Waals surface area contributed by atoms with Gasteiger partial charge in [-0.1, -0.05) is 74.7 Å². The third-order valence-corrected chi connectivity index (χ3v) is 6.27. The zero-order valence-electron chi connectivity index (χ0n) is 19.4. The van der Waals surface area contributed by atoms with Crippen molar-refractivity contribution in [2.75, 3.05) is 13.2 Å². The minimum absolute atomic E-state index is 0.0447. The van der Waals surface area contributed by atoms with E-state index in [1.807, 2.05) is 56.3 Å². The van der Waals surface area contributed by atoms with Crippen molar-refractivity contribution in [2.24, 2.45) is 0 Å². The number of nitrogens with one attached hydrogen (secondary N) is 1. The van der Waals surface area contributed by atoms with Crippen molar-refractivity contribution >= 4 is 11.8 Å². The number of nitrogens with zero attached hydrogens (tertiary/aromatic N) is 1. The molecule has 1 N–H and O–H groups in total. The predicted octanol–water partition coefficient (Wildman–Crippen LogP) is 4.67. The normalized spacial score (nSPS) is 15.1. The number of hydrogen-bond acceptors (Lipinski definition) is 3. The molecule has 0 aromatic heterocycles. The Morgan fingerprint density at radius 1 is 1.03 bits per heavy atom. The molecule has 5 nitrogen and oxygen atoms in total. The highest BCUT2D eigenvalue weighted by Crippen LogP contribution is 2.19. The van der Waals surface area contributed by atoms with E-state index in [1.54, 1.807) is 4.90 Å². The van der Waals surface area contributed by atoms with E-state index in [-0.39, 0.29) is 24.5 Å². The molecule has 0 heterocycles.